The predicted molar refractivity (Wildman–Crippen MR) is 89.4 cm³/mol. The number of halogens is 1. The molecular weight excluding hydrogens is 366 g/mol. The molecule has 4 nitrogen and oxygen atoms in total. The van der Waals surface area contributed by atoms with Gasteiger partial charge in [0.2, 0.25) is 0 Å². The largest absolute Gasteiger partial charge is 0.268 e. The summed E-state index contributed by atoms with van der Waals surface area (Å²) in [6, 6.07) is 9.82. The van der Waals surface area contributed by atoms with Crippen LogP contribution in [0.2, 0.25) is 0 Å². The summed E-state index contributed by atoms with van der Waals surface area (Å²) in [6.07, 6.45) is 0. The van der Waals surface area contributed by atoms with Crippen LogP contribution in [0.4, 0.5) is 0 Å². The van der Waals surface area contributed by atoms with Crippen LogP contribution in [-0.4, -0.2) is 14.3 Å². The molecule has 0 radical (unpaired) electrons. The summed E-state index contributed by atoms with van der Waals surface area (Å²) in [5.41, 5.74) is 2.88. The number of rotatable bonds is 3. The number of amides is 1. The SMILES string of the molecule is Cc1ccc(S(=O)(=O)NC(=O)c2ccc(Br)cc2C)cc1C. The third-order valence-electron chi connectivity index (χ3n) is 3.45. The molecule has 116 valence electrons. The highest BCUT2D eigenvalue weighted by Gasteiger charge is 2.20. The van der Waals surface area contributed by atoms with Crippen LogP contribution in [0.25, 0.3) is 0 Å². The molecule has 0 atom stereocenters. The smallest absolute Gasteiger partial charge is 0.265 e. The van der Waals surface area contributed by atoms with Crippen molar-refractivity contribution in [2.45, 2.75) is 25.7 Å². The maximum atomic E-state index is 12.3. The second-order valence-electron chi connectivity index (χ2n) is 5.14. The Morgan fingerprint density at radius 1 is 0.955 bits per heavy atom. The van der Waals surface area contributed by atoms with E-state index in [2.05, 4.69) is 20.7 Å². The zero-order valence-electron chi connectivity index (χ0n) is 12.5. The Morgan fingerprint density at radius 3 is 2.23 bits per heavy atom. The molecule has 1 amide bonds. The number of hydrogen-bond acceptors (Lipinski definition) is 3. The van der Waals surface area contributed by atoms with Crippen LogP contribution in [0.1, 0.15) is 27.0 Å². The summed E-state index contributed by atoms with van der Waals surface area (Å²) in [7, 11) is -3.89. The van der Waals surface area contributed by atoms with Gasteiger partial charge in [-0.05, 0) is 67.8 Å². The molecule has 22 heavy (non-hydrogen) atoms. The molecule has 1 N–H and O–H groups in total. The van der Waals surface area contributed by atoms with E-state index in [1.807, 2.05) is 13.8 Å². The van der Waals surface area contributed by atoms with E-state index in [0.29, 0.717) is 11.1 Å². The molecule has 0 aromatic heterocycles. The quantitative estimate of drug-likeness (QED) is 0.884. The van der Waals surface area contributed by atoms with E-state index < -0.39 is 15.9 Å². The average molecular weight is 382 g/mol. The molecule has 0 aliphatic heterocycles. The van der Waals surface area contributed by atoms with Crippen molar-refractivity contribution in [3.8, 4) is 0 Å². The molecular formula is C16H16BrNO3S. The summed E-state index contributed by atoms with van der Waals surface area (Å²) in [5.74, 6) is -0.636. The van der Waals surface area contributed by atoms with Crippen molar-refractivity contribution in [3.05, 3.63) is 63.1 Å². The summed E-state index contributed by atoms with van der Waals surface area (Å²) >= 11 is 3.31. The molecule has 0 bridgehead atoms. The molecule has 2 rings (SSSR count). The number of benzene rings is 2. The lowest BCUT2D eigenvalue weighted by Crippen LogP contribution is -2.31. The summed E-state index contributed by atoms with van der Waals surface area (Å²) in [6.45, 7) is 5.48. The van der Waals surface area contributed by atoms with Crippen LogP contribution in [0, 0.1) is 20.8 Å². The lowest BCUT2D eigenvalue weighted by atomic mass is 10.1. The van der Waals surface area contributed by atoms with Gasteiger partial charge in [0.15, 0.2) is 0 Å². The minimum absolute atomic E-state index is 0.0821. The van der Waals surface area contributed by atoms with Crippen molar-refractivity contribution in [2.24, 2.45) is 0 Å². The summed E-state index contributed by atoms with van der Waals surface area (Å²) in [5, 5.41) is 0. The lowest BCUT2D eigenvalue weighted by Gasteiger charge is -2.10. The van der Waals surface area contributed by atoms with Gasteiger partial charge in [-0.25, -0.2) is 13.1 Å². The van der Waals surface area contributed by atoms with Crippen LogP contribution in [0.3, 0.4) is 0 Å². The van der Waals surface area contributed by atoms with Crippen molar-refractivity contribution in [3.63, 3.8) is 0 Å². The van der Waals surface area contributed by atoms with Gasteiger partial charge in [0.1, 0.15) is 0 Å². The van der Waals surface area contributed by atoms with Gasteiger partial charge in [0.25, 0.3) is 15.9 Å². The maximum absolute atomic E-state index is 12.3. The van der Waals surface area contributed by atoms with Crippen molar-refractivity contribution >= 4 is 31.9 Å². The van der Waals surface area contributed by atoms with E-state index in [1.54, 1.807) is 37.3 Å². The number of carbonyl (C=O) groups excluding carboxylic acids is 1. The van der Waals surface area contributed by atoms with Gasteiger partial charge in [-0.15, -0.1) is 0 Å². The van der Waals surface area contributed by atoms with Gasteiger partial charge in [-0.1, -0.05) is 22.0 Å². The van der Waals surface area contributed by atoms with Crippen LogP contribution in [-0.2, 0) is 10.0 Å². The Hall–Kier alpha value is -1.66. The fourth-order valence-corrected chi connectivity index (χ4v) is 3.53. The van der Waals surface area contributed by atoms with Gasteiger partial charge >= 0.3 is 0 Å². The third kappa shape index (κ3) is 3.56. The Morgan fingerprint density at radius 2 is 1.64 bits per heavy atom. The van der Waals surface area contributed by atoms with E-state index in [0.717, 1.165) is 15.6 Å². The van der Waals surface area contributed by atoms with Gasteiger partial charge in [-0.2, -0.15) is 0 Å². The predicted octanol–water partition coefficient (Wildman–Crippen LogP) is 3.49. The fraction of sp³-hybridized carbons (Fsp3) is 0.188. The van der Waals surface area contributed by atoms with Crippen LogP contribution < -0.4 is 4.72 Å². The molecule has 0 fully saturated rings. The van der Waals surface area contributed by atoms with Crippen LogP contribution in [0.5, 0.6) is 0 Å². The number of carbonyl (C=O) groups is 1. The van der Waals surface area contributed by atoms with Gasteiger partial charge in [0.05, 0.1) is 4.90 Å². The van der Waals surface area contributed by atoms with E-state index >= 15 is 0 Å². The third-order valence-corrected chi connectivity index (χ3v) is 5.27. The Labute approximate surface area is 138 Å². The fourth-order valence-electron chi connectivity index (χ4n) is 2.00. The zero-order valence-corrected chi connectivity index (χ0v) is 14.9. The lowest BCUT2D eigenvalue weighted by molar-refractivity contribution is 0.0981. The summed E-state index contributed by atoms with van der Waals surface area (Å²) in [4.78, 5) is 12.3. The van der Waals surface area contributed by atoms with Crippen molar-refractivity contribution in [1.29, 1.82) is 0 Å². The number of nitrogens with one attached hydrogen (secondary N) is 1. The highest BCUT2D eigenvalue weighted by Crippen LogP contribution is 2.18. The van der Waals surface area contributed by atoms with E-state index in [9.17, 15) is 13.2 Å². The molecule has 0 saturated heterocycles. The minimum Gasteiger partial charge on any atom is -0.268 e. The normalized spacial score (nSPS) is 11.3. The topological polar surface area (TPSA) is 63.2 Å². The number of sulfonamides is 1. The molecule has 0 saturated carbocycles. The second kappa shape index (κ2) is 6.22. The molecule has 0 aliphatic carbocycles. The molecule has 2 aromatic carbocycles. The highest BCUT2D eigenvalue weighted by molar-refractivity contribution is 9.10. The van der Waals surface area contributed by atoms with Crippen molar-refractivity contribution in [1.82, 2.24) is 4.72 Å². The monoisotopic (exact) mass is 381 g/mol. The molecule has 0 spiro atoms. The van der Waals surface area contributed by atoms with Gasteiger partial charge < -0.3 is 0 Å². The number of hydrogen-bond donors (Lipinski definition) is 1. The Balaban J connectivity index is 2.31. The van der Waals surface area contributed by atoms with Crippen molar-refractivity contribution < 1.29 is 13.2 Å². The minimum atomic E-state index is -3.89. The van der Waals surface area contributed by atoms with Crippen molar-refractivity contribution in [2.75, 3.05) is 0 Å². The van der Waals surface area contributed by atoms with E-state index in [-0.39, 0.29) is 4.90 Å². The standard InChI is InChI=1S/C16H16BrNO3S/c1-10-4-6-14(9-11(10)2)22(20,21)18-16(19)15-7-5-13(17)8-12(15)3/h4-9H,1-3H3,(H,18,19). The maximum Gasteiger partial charge on any atom is 0.265 e. The van der Waals surface area contributed by atoms with E-state index in [1.165, 1.54) is 6.07 Å². The van der Waals surface area contributed by atoms with E-state index in [4.69, 9.17) is 0 Å². The zero-order chi connectivity index (χ0) is 16.5. The van der Waals surface area contributed by atoms with Gasteiger partial charge in [0, 0.05) is 10.0 Å². The second-order valence-corrected chi connectivity index (χ2v) is 7.74. The Bertz CT molecular complexity index is 844. The molecule has 0 heterocycles. The molecule has 0 unspecified atom stereocenters. The molecule has 6 heteroatoms. The van der Waals surface area contributed by atoms with Crippen LogP contribution >= 0.6 is 15.9 Å². The Kier molecular flexibility index (Phi) is 4.72. The summed E-state index contributed by atoms with van der Waals surface area (Å²) < 4.78 is 27.6. The van der Waals surface area contributed by atoms with Crippen LogP contribution in [0.15, 0.2) is 45.8 Å². The van der Waals surface area contributed by atoms with Gasteiger partial charge in [-0.3, -0.25) is 4.79 Å². The first-order valence-electron chi connectivity index (χ1n) is 6.61. The molecule has 0 aliphatic rings. The first-order valence-corrected chi connectivity index (χ1v) is 8.89. The molecule has 2 aromatic rings. The average Bonchev–Trinajstić information content (AvgIpc) is 2.40. The first kappa shape index (κ1) is 16.7. The first-order chi connectivity index (χ1) is 10.2. The number of aryl methyl sites for hydroxylation is 3. The highest BCUT2D eigenvalue weighted by atomic mass is 79.9.